The molecule has 1 saturated carbocycles. The van der Waals surface area contributed by atoms with Crippen LogP contribution in [0.2, 0.25) is 0 Å². The fraction of sp³-hybridized carbons (Fsp3) is 0.700. The minimum atomic E-state index is 0.385. The molecule has 0 saturated heterocycles. The summed E-state index contributed by atoms with van der Waals surface area (Å²) in [6, 6.07) is 0. The van der Waals surface area contributed by atoms with Crippen LogP contribution in [0.5, 0.6) is 0 Å². The highest BCUT2D eigenvalue weighted by Crippen LogP contribution is 2.27. The normalized spacial score (nSPS) is 23.3. The fourth-order valence-electron chi connectivity index (χ4n) is 3.06. The molecule has 0 atom stereocenters. The summed E-state index contributed by atoms with van der Waals surface area (Å²) in [6.45, 7) is 15.0. The van der Waals surface area contributed by atoms with Crippen LogP contribution in [-0.2, 0) is 4.74 Å². The van der Waals surface area contributed by atoms with Gasteiger partial charge in [-0.25, -0.2) is 0 Å². The van der Waals surface area contributed by atoms with E-state index in [-0.39, 0.29) is 0 Å². The van der Waals surface area contributed by atoms with Crippen LogP contribution < -0.4 is 0 Å². The SMILES string of the molecule is C=C/C(=C\C(=C/C)O[C@H]1CC[C@H](C)CC1)N(CCC)CCC. The third kappa shape index (κ3) is 6.29. The molecule has 126 valence electrons. The van der Waals surface area contributed by atoms with Gasteiger partial charge in [0.1, 0.15) is 5.76 Å². The number of hydrogen-bond donors (Lipinski definition) is 0. The van der Waals surface area contributed by atoms with Gasteiger partial charge in [-0.05, 0) is 63.5 Å². The summed E-state index contributed by atoms with van der Waals surface area (Å²) in [7, 11) is 0. The summed E-state index contributed by atoms with van der Waals surface area (Å²) in [6.07, 6.45) is 13.8. The van der Waals surface area contributed by atoms with Crippen molar-refractivity contribution in [2.45, 2.75) is 72.3 Å². The average molecular weight is 306 g/mol. The van der Waals surface area contributed by atoms with Gasteiger partial charge in [0.05, 0.1) is 6.10 Å². The zero-order chi connectivity index (χ0) is 16.4. The Morgan fingerprint density at radius 3 is 2.18 bits per heavy atom. The Balaban J connectivity index is 2.72. The molecule has 0 amide bonds. The smallest absolute Gasteiger partial charge is 0.117 e. The molecule has 1 aliphatic carbocycles. The van der Waals surface area contributed by atoms with E-state index in [2.05, 4.69) is 51.3 Å². The first-order chi connectivity index (χ1) is 10.6. The lowest BCUT2D eigenvalue weighted by Gasteiger charge is -2.28. The van der Waals surface area contributed by atoms with Gasteiger partial charge in [0.25, 0.3) is 0 Å². The van der Waals surface area contributed by atoms with Crippen molar-refractivity contribution < 1.29 is 4.74 Å². The average Bonchev–Trinajstić information content (AvgIpc) is 2.53. The van der Waals surface area contributed by atoms with Gasteiger partial charge in [-0.2, -0.15) is 0 Å². The summed E-state index contributed by atoms with van der Waals surface area (Å²) in [5.41, 5.74) is 1.18. The van der Waals surface area contributed by atoms with Crippen molar-refractivity contribution in [3.8, 4) is 0 Å². The van der Waals surface area contributed by atoms with Gasteiger partial charge < -0.3 is 9.64 Å². The number of ether oxygens (including phenoxy) is 1. The van der Waals surface area contributed by atoms with Crippen molar-refractivity contribution in [2.75, 3.05) is 13.1 Å². The number of rotatable bonds is 9. The Morgan fingerprint density at radius 1 is 1.14 bits per heavy atom. The first kappa shape index (κ1) is 18.9. The van der Waals surface area contributed by atoms with Gasteiger partial charge in [0.2, 0.25) is 0 Å². The third-order valence-corrected chi connectivity index (χ3v) is 4.40. The number of allylic oxidation sites excluding steroid dienone is 3. The quantitative estimate of drug-likeness (QED) is 0.401. The summed E-state index contributed by atoms with van der Waals surface area (Å²) in [4.78, 5) is 2.41. The second-order valence-corrected chi connectivity index (χ2v) is 6.45. The van der Waals surface area contributed by atoms with Gasteiger partial charge in [-0.3, -0.25) is 0 Å². The number of nitrogens with zero attached hydrogens (tertiary/aromatic N) is 1. The molecular weight excluding hydrogens is 270 g/mol. The third-order valence-electron chi connectivity index (χ3n) is 4.40. The molecule has 0 aliphatic heterocycles. The lowest BCUT2D eigenvalue weighted by Crippen LogP contribution is -2.24. The molecule has 0 N–H and O–H groups in total. The van der Waals surface area contributed by atoms with Gasteiger partial charge >= 0.3 is 0 Å². The highest BCUT2D eigenvalue weighted by atomic mass is 16.5. The lowest BCUT2D eigenvalue weighted by molar-refractivity contribution is 0.0762. The molecule has 22 heavy (non-hydrogen) atoms. The summed E-state index contributed by atoms with van der Waals surface area (Å²) in [5, 5.41) is 0. The van der Waals surface area contributed by atoms with Crippen LogP contribution in [0, 0.1) is 5.92 Å². The van der Waals surface area contributed by atoms with Crippen molar-refractivity contribution in [1.82, 2.24) is 4.90 Å². The number of hydrogen-bond acceptors (Lipinski definition) is 2. The minimum Gasteiger partial charge on any atom is -0.491 e. The molecule has 0 aromatic rings. The second-order valence-electron chi connectivity index (χ2n) is 6.45. The van der Waals surface area contributed by atoms with E-state index in [0.717, 1.165) is 37.6 Å². The monoisotopic (exact) mass is 305 g/mol. The van der Waals surface area contributed by atoms with E-state index in [1.165, 1.54) is 31.4 Å². The van der Waals surface area contributed by atoms with E-state index in [1.54, 1.807) is 0 Å². The van der Waals surface area contributed by atoms with Crippen molar-refractivity contribution in [1.29, 1.82) is 0 Å². The summed E-state index contributed by atoms with van der Waals surface area (Å²) in [5.74, 6) is 1.85. The maximum absolute atomic E-state index is 6.24. The predicted octanol–water partition coefficient (Wildman–Crippen LogP) is 5.68. The van der Waals surface area contributed by atoms with Crippen LogP contribution in [0.15, 0.2) is 36.3 Å². The maximum atomic E-state index is 6.24. The molecule has 0 bridgehead atoms. The summed E-state index contributed by atoms with van der Waals surface area (Å²) >= 11 is 0. The Morgan fingerprint density at radius 2 is 1.73 bits per heavy atom. The standard InChI is InChI=1S/C20H35NO/c1-6-14-21(15-7-2)18(8-3)16-19(9-4)22-20-12-10-17(5)11-13-20/h8-9,16-17,20H,3,6-7,10-15H2,1-2,4-5H3/b18-16+,19-9+/t17-,20-. The lowest BCUT2D eigenvalue weighted by atomic mass is 9.89. The van der Waals surface area contributed by atoms with Crippen molar-refractivity contribution in [2.24, 2.45) is 5.92 Å². The van der Waals surface area contributed by atoms with Crippen LogP contribution in [0.4, 0.5) is 0 Å². The Hall–Kier alpha value is -1.18. The van der Waals surface area contributed by atoms with Crippen LogP contribution in [0.1, 0.15) is 66.2 Å². The molecule has 2 heteroatoms. The Bertz CT molecular complexity index is 369. The van der Waals surface area contributed by atoms with E-state index in [0.29, 0.717) is 6.10 Å². The van der Waals surface area contributed by atoms with E-state index in [1.807, 2.05) is 6.08 Å². The molecule has 0 spiro atoms. The molecule has 0 unspecified atom stereocenters. The molecule has 0 aromatic carbocycles. The predicted molar refractivity (Wildman–Crippen MR) is 96.7 cm³/mol. The van der Waals surface area contributed by atoms with E-state index < -0.39 is 0 Å². The second kappa shape index (κ2) is 10.5. The molecule has 1 rings (SSSR count). The zero-order valence-corrected chi connectivity index (χ0v) is 15.1. The van der Waals surface area contributed by atoms with E-state index >= 15 is 0 Å². The van der Waals surface area contributed by atoms with Crippen molar-refractivity contribution >= 4 is 0 Å². The van der Waals surface area contributed by atoms with Crippen molar-refractivity contribution in [3.05, 3.63) is 36.3 Å². The fourth-order valence-corrected chi connectivity index (χ4v) is 3.06. The van der Waals surface area contributed by atoms with Gasteiger partial charge in [0.15, 0.2) is 0 Å². The molecule has 0 aromatic heterocycles. The Kier molecular flexibility index (Phi) is 9.03. The topological polar surface area (TPSA) is 12.5 Å². The van der Waals surface area contributed by atoms with Crippen molar-refractivity contribution in [3.63, 3.8) is 0 Å². The first-order valence-corrected chi connectivity index (χ1v) is 9.06. The van der Waals surface area contributed by atoms with Crippen LogP contribution in [-0.4, -0.2) is 24.1 Å². The van der Waals surface area contributed by atoms with E-state index in [4.69, 9.17) is 4.74 Å². The largest absolute Gasteiger partial charge is 0.491 e. The van der Waals surface area contributed by atoms with Gasteiger partial charge in [-0.15, -0.1) is 0 Å². The van der Waals surface area contributed by atoms with E-state index in [9.17, 15) is 0 Å². The zero-order valence-electron chi connectivity index (χ0n) is 15.1. The molecule has 0 radical (unpaired) electrons. The molecule has 0 heterocycles. The first-order valence-electron chi connectivity index (χ1n) is 9.06. The van der Waals surface area contributed by atoms with Crippen LogP contribution in [0.25, 0.3) is 0 Å². The summed E-state index contributed by atoms with van der Waals surface area (Å²) < 4.78 is 6.24. The molecule has 2 nitrogen and oxygen atoms in total. The van der Waals surface area contributed by atoms with Gasteiger partial charge in [-0.1, -0.05) is 27.4 Å². The Labute approximate surface area is 137 Å². The highest BCUT2D eigenvalue weighted by molar-refractivity contribution is 5.25. The van der Waals surface area contributed by atoms with Crippen LogP contribution in [0.3, 0.4) is 0 Å². The minimum absolute atomic E-state index is 0.385. The molecule has 1 aliphatic rings. The van der Waals surface area contributed by atoms with Crippen LogP contribution >= 0.6 is 0 Å². The maximum Gasteiger partial charge on any atom is 0.117 e. The highest BCUT2D eigenvalue weighted by Gasteiger charge is 2.19. The molecule has 1 fully saturated rings. The van der Waals surface area contributed by atoms with Gasteiger partial charge in [0, 0.05) is 24.9 Å². The molecular formula is C20H35NO.